The number of piperidine rings is 1. The van der Waals surface area contributed by atoms with Gasteiger partial charge in [-0.1, -0.05) is 6.07 Å². The van der Waals surface area contributed by atoms with Gasteiger partial charge >= 0.3 is 0 Å². The molecule has 1 saturated heterocycles. The van der Waals surface area contributed by atoms with E-state index in [4.69, 9.17) is 4.74 Å². The number of likely N-dealkylation sites (tertiary alicyclic amines) is 1. The Morgan fingerprint density at radius 2 is 1.96 bits per heavy atom. The Bertz CT molecular complexity index is 810. The van der Waals surface area contributed by atoms with Crippen molar-refractivity contribution in [3.8, 4) is 5.75 Å². The van der Waals surface area contributed by atoms with Gasteiger partial charge in [-0.3, -0.25) is 9.69 Å². The van der Waals surface area contributed by atoms with Crippen molar-refractivity contribution in [3.05, 3.63) is 65.0 Å². The second-order valence-corrected chi connectivity index (χ2v) is 6.53. The van der Waals surface area contributed by atoms with Crippen LogP contribution in [0.5, 0.6) is 5.75 Å². The molecule has 138 valence electrons. The minimum absolute atomic E-state index is 0.156. The van der Waals surface area contributed by atoms with Crippen molar-refractivity contribution in [3.63, 3.8) is 0 Å². The molecular formula is C20H20F3NO2. The summed E-state index contributed by atoms with van der Waals surface area (Å²) in [6.45, 7) is 1.68. The quantitative estimate of drug-likeness (QED) is 0.746. The van der Waals surface area contributed by atoms with E-state index in [0.717, 1.165) is 19.0 Å². The zero-order chi connectivity index (χ0) is 18.7. The normalized spacial score (nSPS) is 17.9. The number of carbonyl (C=O) groups is 1. The van der Waals surface area contributed by atoms with E-state index in [9.17, 15) is 18.0 Å². The molecule has 0 aromatic heterocycles. The van der Waals surface area contributed by atoms with Crippen LogP contribution >= 0.6 is 0 Å². The Labute approximate surface area is 150 Å². The van der Waals surface area contributed by atoms with Crippen LogP contribution in [0.25, 0.3) is 0 Å². The topological polar surface area (TPSA) is 29.5 Å². The molecule has 2 aromatic carbocycles. The maximum absolute atomic E-state index is 13.6. The molecule has 3 rings (SSSR count). The van der Waals surface area contributed by atoms with E-state index < -0.39 is 17.5 Å². The van der Waals surface area contributed by atoms with Crippen LogP contribution < -0.4 is 4.74 Å². The Morgan fingerprint density at radius 3 is 2.69 bits per heavy atom. The Kier molecular flexibility index (Phi) is 5.61. The van der Waals surface area contributed by atoms with E-state index in [2.05, 4.69) is 0 Å². The zero-order valence-corrected chi connectivity index (χ0v) is 14.5. The van der Waals surface area contributed by atoms with E-state index in [1.54, 1.807) is 6.07 Å². The molecular weight excluding hydrogens is 343 g/mol. The fourth-order valence-corrected chi connectivity index (χ4v) is 3.40. The summed E-state index contributed by atoms with van der Waals surface area (Å²) in [5.41, 5.74) is 0.896. The smallest absolute Gasteiger partial charge is 0.171 e. The van der Waals surface area contributed by atoms with Crippen molar-refractivity contribution < 1.29 is 22.7 Å². The Morgan fingerprint density at radius 1 is 1.15 bits per heavy atom. The van der Waals surface area contributed by atoms with Gasteiger partial charge in [-0.2, -0.15) is 0 Å². The molecule has 26 heavy (non-hydrogen) atoms. The summed E-state index contributed by atoms with van der Waals surface area (Å²) in [5, 5.41) is 0. The van der Waals surface area contributed by atoms with Gasteiger partial charge in [0.1, 0.15) is 11.6 Å². The van der Waals surface area contributed by atoms with Gasteiger partial charge < -0.3 is 4.74 Å². The van der Waals surface area contributed by atoms with E-state index >= 15 is 0 Å². The molecule has 0 saturated carbocycles. The maximum Gasteiger partial charge on any atom is 0.171 e. The lowest BCUT2D eigenvalue weighted by Crippen LogP contribution is -2.38. The van der Waals surface area contributed by atoms with Crippen molar-refractivity contribution in [2.75, 3.05) is 20.2 Å². The molecule has 1 atom stereocenters. The van der Waals surface area contributed by atoms with Crippen LogP contribution in [0, 0.1) is 23.4 Å². The van der Waals surface area contributed by atoms with Crippen molar-refractivity contribution in [2.24, 2.45) is 5.92 Å². The summed E-state index contributed by atoms with van der Waals surface area (Å²) in [6.07, 6.45) is 1.50. The molecule has 0 bridgehead atoms. The number of methoxy groups -OCH3 is 1. The molecule has 0 N–H and O–H groups in total. The number of hydrogen-bond donors (Lipinski definition) is 0. The number of halogens is 3. The zero-order valence-electron chi connectivity index (χ0n) is 14.5. The third kappa shape index (κ3) is 4.07. The number of benzene rings is 2. The largest absolute Gasteiger partial charge is 0.496 e. The number of ether oxygens (including phenoxy) is 1. The first-order chi connectivity index (χ1) is 12.5. The highest BCUT2D eigenvalue weighted by Crippen LogP contribution is 2.27. The third-order valence-electron chi connectivity index (χ3n) is 4.69. The van der Waals surface area contributed by atoms with Gasteiger partial charge in [-0.05, 0) is 55.3 Å². The fourth-order valence-electron chi connectivity index (χ4n) is 3.40. The third-order valence-corrected chi connectivity index (χ3v) is 4.69. The fraction of sp³-hybridized carbons (Fsp3) is 0.350. The molecule has 1 heterocycles. The first kappa shape index (κ1) is 18.5. The summed E-state index contributed by atoms with van der Waals surface area (Å²) in [4.78, 5) is 14.9. The summed E-state index contributed by atoms with van der Waals surface area (Å²) in [6, 6.07) is 7.73. The minimum atomic E-state index is -0.878. The van der Waals surface area contributed by atoms with Gasteiger partial charge in [-0.25, -0.2) is 13.2 Å². The van der Waals surface area contributed by atoms with Gasteiger partial charge in [0.25, 0.3) is 0 Å². The van der Waals surface area contributed by atoms with Gasteiger partial charge in [0, 0.05) is 19.0 Å². The predicted molar refractivity (Wildman–Crippen MR) is 91.6 cm³/mol. The van der Waals surface area contributed by atoms with E-state index in [1.165, 1.54) is 31.4 Å². The van der Waals surface area contributed by atoms with Crippen LogP contribution in [0.4, 0.5) is 13.2 Å². The van der Waals surface area contributed by atoms with Crippen LogP contribution in [-0.4, -0.2) is 30.9 Å². The molecule has 0 amide bonds. The molecule has 0 unspecified atom stereocenters. The summed E-state index contributed by atoms with van der Waals surface area (Å²) in [7, 11) is 1.44. The molecule has 1 fully saturated rings. The van der Waals surface area contributed by atoms with Crippen LogP contribution in [0.3, 0.4) is 0 Å². The second kappa shape index (κ2) is 7.91. The lowest BCUT2D eigenvalue weighted by atomic mass is 9.89. The van der Waals surface area contributed by atoms with Crippen molar-refractivity contribution in [1.29, 1.82) is 0 Å². The Balaban J connectivity index is 1.72. The number of nitrogens with zero attached hydrogens (tertiary/aromatic N) is 1. The van der Waals surface area contributed by atoms with Crippen LogP contribution in [0.15, 0.2) is 36.4 Å². The molecule has 1 aliphatic rings. The van der Waals surface area contributed by atoms with Gasteiger partial charge in [0.2, 0.25) is 0 Å². The second-order valence-electron chi connectivity index (χ2n) is 6.53. The van der Waals surface area contributed by atoms with Gasteiger partial charge in [0.05, 0.1) is 12.7 Å². The summed E-state index contributed by atoms with van der Waals surface area (Å²) >= 11 is 0. The molecule has 3 nitrogen and oxygen atoms in total. The van der Waals surface area contributed by atoms with Crippen molar-refractivity contribution in [2.45, 2.75) is 19.4 Å². The van der Waals surface area contributed by atoms with Crippen molar-refractivity contribution in [1.82, 2.24) is 4.90 Å². The van der Waals surface area contributed by atoms with Crippen LogP contribution in [0.1, 0.15) is 28.8 Å². The van der Waals surface area contributed by atoms with E-state index in [-0.39, 0.29) is 17.3 Å². The monoisotopic (exact) mass is 363 g/mol. The first-order valence-electron chi connectivity index (χ1n) is 8.52. The SMILES string of the molecule is COc1ccc(F)cc1C(=O)[C@H]1CCCN(Cc2ccc(F)c(F)c2)C1. The van der Waals surface area contributed by atoms with Gasteiger partial charge in [-0.15, -0.1) is 0 Å². The number of hydrogen-bond acceptors (Lipinski definition) is 3. The van der Waals surface area contributed by atoms with Crippen LogP contribution in [-0.2, 0) is 6.54 Å². The summed E-state index contributed by atoms with van der Waals surface area (Å²) in [5.74, 6) is -2.32. The first-order valence-corrected chi connectivity index (χ1v) is 8.52. The number of ketones is 1. The molecule has 6 heteroatoms. The predicted octanol–water partition coefficient (Wildman–Crippen LogP) is 4.21. The maximum atomic E-state index is 13.6. The average Bonchev–Trinajstić information content (AvgIpc) is 2.64. The van der Waals surface area contributed by atoms with E-state index in [0.29, 0.717) is 30.8 Å². The van der Waals surface area contributed by atoms with Crippen LogP contribution in [0.2, 0.25) is 0 Å². The number of carbonyl (C=O) groups excluding carboxylic acids is 1. The van der Waals surface area contributed by atoms with Crippen molar-refractivity contribution >= 4 is 5.78 Å². The summed E-state index contributed by atoms with van der Waals surface area (Å²) < 4.78 is 45.2. The number of Topliss-reactive ketones (excluding diaryl/α,β-unsaturated/α-hetero) is 1. The lowest BCUT2D eigenvalue weighted by Gasteiger charge is -2.32. The highest BCUT2D eigenvalue weighted by molar-refractivity contribution is 6.00. The highest BCUT2D eigenvalue weighted by Gasteiger charge is 2.28. The molecule has 0 radical (unpaired) electrons. The molecule has 1 aliphatic heterocycles. The Hall–Kier alpha value is -2.34. The minimum Gasteiger partial charge on any atom is -0.496 e. The molecule has 2 aromatic rings. The van der Waals surface area contributed by atoms with Gasteiger partial charge in [0.15, 0.2) is 17.4 Å². The average molecular weight is 363 g/mol. The molecule has 0 spiro atoms. The highest BCUT2D eigenvalue weighted by atomic mass is 19.2. The standard InChI is InChI=1S/C20H20F3NO2/c1-26-19-7-5-15(21)10-16(19)20(25)14-3-2-8-24(12-14)11-13-4-6-17(22)18(23)9-13/h4-7,9-10,14H,2-3,8,11-12H2,1H3/t14-/m0/s1. The molecule has 0 aliphatic carbocycles. The number of rotatable bonds is 5. The lowest BCUT2D eigenvalue weighted by molar-refractivity contribution is 0.0808. The van der Waals surface area contributed by atoms with E-state index in [1.807, 2.05) is 4.90 Å².